The Morgan fingerprint density at radius 2 is 1.46 bits per heavy atom. The van der Waals surface area contributed by atoms with Crippen LogP contribution in [0.5, 0.6) is 5.75 Å². The molecule has 8 nitrogen and oxygen atoms in total. The molecule has 9 heteroatoms. The number of aryl methyl sites for hydroxylation is 1. The zero-order chi connectivity index (χ0) is 36.2. The van der Waals surface area contributed by atoms with E-state index in [-0.39, 0.29) is 28.3 Å². The van der Waals surface area contributed by atoms with Crippen LogP contribution in [-0.2, 0) is 21.2 Å². The number of ether oxygens (including phenoxy) is 1. The van der Waals surface area contributed by atoms with Gasteiger partial charge < -0.3 is 14.6 Å². The lowest BCUT2D eigenvalue weighted by Crippen LogP contribution is -2.31. The molecule has 5 aromatic carbocycles. The summed E-state index contributed by atoms with van der Waals surface area (Å²) in [4.78, 5) is 26.5. The summed E-state index contributed by atoms with van der Waals surface area (Å²) in [5.74, 6) is -0.202. The molecule has 2 N–H and O–H groups in total. The van der Waals surface area contributed by atoms with Gasteiger partial charge in [0.05, 0.1) is 18.0 Å². The number of hydrogen-bond acceptors (Lipinski definition) is 5. The highest BCUT2D eigenvalue weighted by Gasteiger charge is 2.25. The largest absolute Gasteiger partial charge is 0.496 e. The van der Waals surface area contributed by atoms with E-state index in [1.54, 1.807) is 43.3 Å². The van der Waals surface area contributed by atoms with Gasteiger partial charge in [0.15, 0.2) is 0 Å². The van der Waals surface area contributed by atoms with E-state index in [1.165, 1.54) is 13.2 Å². The highest BCUT2D eigenvalue weighted by Crippen LogP contribution is 2.36. The second kappa shape index (κ2) is 14.9. The van der Waals surface area contributed by atoms with E-state index in [2.05, 4.69) is 51.1 Å². The van der Waals surface area contributed by atoms with Crippen LogP contribution in [0.15, 0.2) is 132 Å². The second-order valence-electron chi connectivity index (χ2n) is 13.4. The monoisotopic (exact) mass is 711 g/mol. The van der Waals surface area contributed by atoms with Gasteiger partial charge in [-0.3, -0.25) is 9.59 Å². The minimum absolute atomic E-state index is 0.0342. The van der Waals surface area contributed by atoms with Crippen LogP contribution < -0.4 is 14.8 Å². The topological polar surface area (TPSA) is 106 Å². The van der Waals surface area contributed by atoms with Crippen LogP contribution in [0.25, 0.3) is 10.9 Å². The van der Waals surface area contributed by atoms with Crippen molar-refractivity contribution in [3.63, 3.8) is 0 Å². The number of aromatic nitrogens is 1. The van der Waals surface area contributed by atoms with Crippen LogP contribution >= 0.6 is 0 Å². The molecule has 0 unspecified atom stereocenters. The molecule has 7 rings (SSSR count). The Labute approximate surface area is 304 Å². The molecule has 52 heavy (non-hydrogen) atoms. The van der Waals surface area contributed by atoms with Gasteiger partial charge in [-0.25, -0.2) is 13.1 Å². The number of fused-ring (bicyclic) bond motifs is 1. The van der Waals surface area contributed by atoms with Gasteiger partial charge in [0, 0.05) is 40.7 Å². The average molecular weight is 712 g/mol. The normalized spacial score (nSPS) is 13.4. The Morgan fingerprint density at radius 3 is 2.12 bits per heavy atom. The molecule has 264 valence electrons. The highest BCUT2D eigenvalue weighted by molar-refractivity contribution is 7.90. The van der Waals surface area contributed by atoms with Crippen molar-refractivity contribution in [2.24, 2.45) is 5.92 Å². The first-order chi connectivity index (χ1) is 25.2. The van der Waals surface area contributed by atoms with Crippen molar-refractivity contribution in [1.29, 1.82) is 0 Å². The van der Waals surface area contributed by atoms with Crippen molar-refractivity contribution < 1.29 is 22.7 Å². The van der Waals surface area contributed by atoms with Crippen molar-refractivity contribution in [2.45, 2.75) is 50.0 Å². The Bertz CT molecular complexity index is 2310. The summed E-state index contributed by atoms with van der Waals surface area (Å²) in [6.07, 6.45) is 6.60. The maximum atomic E-state index is 13.2. The molecule has 1 aliphatic carbocycles. The zero-order valence-corrected chi connectivity index (χ0v) is 30.0. The number of nitrogens with one attached hydrogen (secondary N) is 2. The van der Waals surface area contributed by atoms with E-state index in [1.807, 2.05) is 48.5 Å². The van der Waals surface area contributed by atoms with Gasteiger partial charge in [-0.15, -0.1) is 0 Å². The summed E-state index contributed by atoms with van der Waals surface area (Å²) >= 11 is 0. The molecule has 2 amide bonds. The summed E-state index contributed by atoms with van der Waals surface area (Å²) < 4.78 is 36.4. The number of carbonyl (C=O) groups is 2. The van der Waals surface area contributed by atoms with Crippen LogP contribution in [-0.4, -0.2) is 31.9 Å². The summed E-state index contributed by atoms with van der Waals surface area (Å²) in [6.45, 7) is 1.68. The lowest BCUT2D eigenvalue weighted by molar-refractivity contribution is -0.119. The van der Waals surface area contributed by atoms with Crippen LogP contribution in [0, 0.1) is 12.8 Å². The van der Waals surface area contributed by atoms with Crippen LogP contribution in [0.1, 0.15) is 69.9 Å². The number of hydrogen-bond donors (Lipinski definition) is 2. The smallest absolute Gasteiger partial charge is 0.265 e. The molecule has 0 aliphatic heterocycles. The molecule has 6 aromatic rings. The van der Waals surface area contributed by atoms with Crippen LogP contribution in [0.2, 0.25) is 0 Å². The van der Waals surface area contributed by atoms with Crippen molar-refractivity contribution in [2.75, 3.05) is 12.4 Å². The molecule has 0 atom stereocenters. The zero-order valence-electron chi connectivity index (χ0n) is 29.2. The average Bonchev–Trinajstić information content (AvgIpc) is 3.82. The summed E-state index contributed by atoms with van der Waals surface area (Å²) in [7, 11) is -2.55. The first kappa shape index (κ1) is 34.8. The first-order valence-corrected chi connectivity index (χ1v) is 19.0. The fourth-order valence-electron chi connectivity index (χ4n) is 7.31. The van der Waals surface area contributed by atoms with Crippen molar-refractivity contribution in [3.8, 4) is 5.75 Å². The van der Waals surface area contributed by atoms with E-state index >= 15 is 0 Å². The van der Waals surface area contributed by atoms with Gasteiger partial charge >= 0.3 is 0 Å². The highest BCUT2D eigenvalue weighted by atomic mass is 32.2. The summed E-state index contributed by atoms with van der Waals surface area (Å²) in [5.41, 5.74) is 6.52. The quantitative estimate of drug-likeness (QED) is 0.140. The molecule has 0 bridgehead atoms. The molecule has 1 saturated carbocycles. The molecular weight excluding hydrogens is 671 g/mol. The lowest BCUT2D eigenvalue weighted by atomic mass is 9.98. The number of sulfonamides is 1. The van der Waals surface area contributed by atoms with E-state index < -0.39 is 15.9 Å². The number of benzene rings is 5. The van der Waals surface area contributed by atoms with Crippen LogP contribution in [0.4, 0.5) is 5.69 Å². The standard InChI is InChI=1S/C43H41N3O5S/c1-29-13-9-12-20-40(29)52(49,50)45-43(48)34-22-21-33(39(26-34)51-2)25-35-28-46(41(30-14-5-3-6-15-30)31-16-7-4-8-17-31)38-24-23-36(27-37(35)38)44-42(47)32-18-10-11-19-32/h3-9,12-17,20-24,26-28,32,41H,10-11,18-19,25H2,1-2H3,(H,44,47)(H,45,48). The minimum atomic E-state index is -4.08. The number of amides is 2. The third-order valence-electron chi connectivity index (χ3n) is 9.96. The summed E-state index contributed by atoms with van der Waals surface area (Å²) in [6, 6.07) is 38.2. The number of nitrogens with zero attached hydrogens (tertiary/aromatic N) is 1. The Kier molecular flexibility index (Phi) is 9.96. The molecular formula is C43H41N3O5S. The maximum absolute atomic E-state index is 13.2. The molecule has 1 heterocycles. The minimum Gasteiger partial charge on any atom is -0.496 e. The molecule has 0 saturated heterocycles. The SMILES string of the molecule is COc1cc(C(=O)NS(=O)(=O)c2ccccc2C)ccc1Cc1cn(C(c2ccccc2)c2ccccc2)c2ccc(NC(=O)C3CCCC3)cc12. The van der Waals surface area contributed by atoms with E-state index in [0.717, 1.165) is 64.5 Å². The third-order valence-corrected chi connectivity index (χ3v) is 11.4. The molecule has 1 fully saturated rings. The summed E-state index contributed by atoms with van der Waals surface area (Å²) in [5, 5.41) is 4.16. The Hall–Kier alpha value is -5.67. The van der Waals surface area contributed by atoms with Gasteiger partial charge in [-0.2, -0.15) is 0 Å². The first-order valence-electron chi connectivity index (χ1n) is 17.6. The predicted molar refractivity (Wildman–Crippen MR) is 204 cm³/mol. The lowest BCUT2D eigenvalue weighted by Gasteiger charge is -2.22. The van der Waals surface area contributed by atoms with Crippen LogP contribution in [0.3, 0.4) is 0 Å². The molecule has 0 radical (unpaired) electrons. The number of anilines is 1. The Balaban J connectivity index is 1.27. The van der Waals surface area contributed by atoms with Crippen molar-refractivity contribution >= 4 is 38.4 Å². The third kappa shape index (κ3) is 7.22. The van der Waals surface area contributed by atoms with Gasteiger partial charge in [0.1, 0.15) is 5.75 Å². The number of methoxy groups -OCH3 is 1. The fraction of sp³-hybridized carbons (Fsp3) is 0.209. The predicted octanol–water partition coefficient (Wildman–Crippen LogP) is 8.43. The van der Waals surface area contributed by atoms with Crippen molar-refractivity contribution in [3.05, 3.63) is 161 Å². The van der Waals surface area contributed by atoms with Gasteiger partial charge in [0.2, 0.25) is 5.91 Å². The molecule has 1 aromatic heterocycles. The van der Waals surface area contributed by atoms with Crippen molar-refractivity contribution in [1.82, 2.24) is 9.29 Å². The van der Waals surface area contributed by atoms with Gasteiger partial charge in [0.25, 0.3) is 15.9 Å². The Morgan fingerprint density at radius 1 is 0.808 bits per heavy atom. The fourth-order valence-corrected chi connectivity index (χ4v) is 8.53. The van der Waals surface area contributed by atoms with E-state index in [9.17, 15) is 18.0 Å². The van der Waals surface area contributed by atoms with Gasteiger partial charge in [-0.1, -0.05) is 97.8 Å². The second-order valence-corrected chi connectivity index (χ2v) is 15.0. The van der Waals surface area contributed by atoms with E-state index in [0.29, 0.717) is 17.7 Å². The molecule has 0 spiro atoms. The number of carbonyl (C=O) groups excluding carboxylic acids is 2. The molecule has 1 aliphatic rings. The van der Waals surface area contributed by atoms with Gasteiger partial charge in [-0.05, 0) is 84.0 Å². The van der Waals surface area contributed by atoms with E-state index in [4.69, 9.17) is 4.74 Å². The maximum Gasteiger partial charge on any atom is 0.265 e. The number of rotatable bonds is 11.